The van der Waals surface area contributed by atoms with E-state index in [0.29, 0.717) is 5.46 Å². The summed E-state index contributed by atoms with van der Waals surface area (Å²) in [4.78, 5) is 5.71. The van der Waals surface area contributed by atoms with E-state index < -0.39 is 7.12 Å². The van der Waals surface area contributed by atoms with Crippen molar-refractivity contribution in [2.45, 2.75) is 0 Å². The molecule has 1 heterocycles. The molecule has 0 radical (unpaired) electrons. The molecule has 1 aromatic rings. The number of hydrogen-bond donors (Lipinski definition) is 2. The molecule has 0 bridgehead atoms. The maximum absolute atomic E-state index is 8.83. The highest BCUT2D eigenvalue weighted by molar-refractivity contribution is 6.58. The quantitative estimate of drug-likeness (QED) is 0.620. The van der Waals surface area contributed by atoms with Crippen LogP contribution in [0.2, 0.25) is 0 Å². The van der Waals surface area contributed by atoms with Gasteiger partial charge in [-0.15, -0.1) is 12.4 Å². The van der Waals surface area contributed by atoms with Gasteiger partial charge < -0.3 is 14.9 Å². The zero-order valence-electron chi connectivity index (χ0n) is 7.51. The molecule has 1 aromatic heterocycles. The summed E-state index contributed by atoms with van der Waals surface area (Å²) in [5.74, 6) is 0. The minimum Gasteiger partial charge on any atom is -0.423 e. The van der Waals surface area contributed by atoms with E-state index in [1.807, 2.05) is 19.0 Å². The molecule has 0 aromatic carbocycles. The van der Waals surface area contributed by atoms with Crippen LogP contribution in [0.15, 0.2) is 18.5 Å². The fraction of sp³-hybridized carbons (Fsp3) is 0.286. The summed E-state index contributed by atoms with van der Waals surface area (Å²) in [5.41, 5.74) is 1.25. The maximum atomic E-state index is 8.83. The summed E-state index contributed by atoms with van der Waals surface area (Å²) < 4.78 is 0. The van der Waals surface area contributed by atoms with Crippen molar-refractivity contribution in [2.75, 3.05) is 19.0 Å². The Hall–Kier alpha value is -0.775. The first-order valence-electron chi connectivity index (χ1n) is 3.59. The minimum absolute atomic E-state index is 0. The van der Waals surface area contributed by atoms with Gasteiger partial charge in [-0.1, -0.05) is 0 Å². The molecular formula is C7H12BClN2O2. The average Bonchev–Trinajstić information content (AvgIpc) is 2.04. The second-order valence-electron chi connectivity index (χ2n) is 2.74. The molecule has 0 aliphatic rings. The molecule has 0 spiro atoms. The average molecular weight is 202 g/mol. The maximum Gasteiger partial charge on any atom is 0.490 e. The number of aromatic nitrogens is 1. The molecule has 2 N–H and O–H groups in total. The van der Waals surface area contributed by atoms with Crippen LogP contribution in [0.1, 0.15) is 0 Å². The third-order valence-electron chi connectivity index (χ3n) is 1.56. The van der Waals surface area contributed by atoms with E-state index in [1.165, 1.54) is 6.20 Å². The fourth-order valence-corrected chi connectivity index (χ4v) is 0.831. The monoisotopic (exact) mass is 202 g/mol. The van der Waals surface area contributed by atoms with Gasteiger partial charge in [0.2, 0.25) is 0 Å². The van der Waals surface area contributed by atoms with Crippen LogP contribution >= 0.6 is 12.4 Å². The molecule has 0 amide bonds. The number of hydrogen-bond acceptors (Lipinski definition) is 4. The van der Waals surface area contributed by atoms with Gasteiger partial charge in [-0.25, -0.2) is 0 Å². The Morgan fingerprint density at radius 2 is 1.92 bits per heavy atom. The van der Waals surface area contributed by atoms with E-state index in [1.54, 1.807) is 12.3 Å². The molecule has 72 valence electrons. The van der Waals surface area contributed by atoms with Gasteiger partial charge in [-0.3, -0.25) is 4.98 Å². The van der Waals surface area contributed by atoms with Gasteiger partial charge in [0, 0.05) is 25.8 Å². The molecule has 0 saturated carbocycles. The molecule has 0 aliphatic heterocycles. The molecule has 0 fully saturated rings. The normalized spacial score (nSPS) is 8.92. The van der Waals surface area contributed by atoms with Crippen molar-refractivity contribution in [2.24, 2.45) is 0 Å². The SMILES string of the molecule is CN(C)c1cncc(B(O)O)c1.Cl. The lowest BCUT2D eigenvalue weighted by atomic mass is 9.81. The first kappa shape index (κ1) is 12.2. The van der Waals surface area contributed by atoms with Gasteiger partial charge in [0.05, 0.1) is 11.9 Å². The third-order valence-corrected chi connectivity index (χ3v) is 1.56. The van der Waals surface area contributed by atoms with Crippen LogP contribution in [0.25, 0.3) is 0 Å². The molecular weight excluding hydrogens is 190 g/mol. The van der Waals surface area contributed by atoms with Crippen LogP contribution in [-0.4, -0.2) is 36.2 Å². The smallest absolute Gasteiger partial charge is 0.423 e. The van der Waals surface area contributed by atoms with Crippen molar-refractivity contribution in [3.63, 3.8) is 0 Å². The Morgan fingerprint density at radius 3 is 2.38 bits per heavy atom. The number of pyridine rings is 1. The van der Waals surface area contributed by atoms with E-state index in [-0.39, 0.29) is 12.4 Å². The van der Waals surface area contributed by atoms with Gasteiger partial charge in [0.15, 0.2) is 0 Å². The van der Waals surface area contributed by atoms with Gasteiger partial charge in [-0.2, -0.15) is 0 Å². The number of rotatable bonds is 2. The third kappa shape index (κ3) is 3.22. The molecule has 13 heavy (non-hydrogen) atoms. The molecule has 0 atom stereocenters. The van der Waals surface area contributed by atoms with Crippen molar-refractivity contribution in [3.8, 4) is 0 Å². The fourth-order valence-electron chi connectivity index (χ4n) is 0.831. The summed E-state index contributed by atoms with van der Waals surface area (Å²) in [6.07, 6.45) is 3.09. The van der Waals surface area contributed by atoms with E-state index in [4.69, 9.17) is 10.0 Å². The Morgan fingerprint density at radius 1 is 1.31 bits per heavy atom. The predicted octanol–water partition coefficient (Wildman–Crippen LogP) is -0.751. The van der Waals surface area contributed by atoms with Crippen molar-refractivity contribution < 1.29 is 10.0 Å². The van der Waals surface area contributed by atoms with E-state index in [0.717, 1.165) is 5.69 Å². The van der Waals surface area contributed by atoms with Crippen LogP contribution < -0.4 is 10.4 Å². The van der Waals surface area contributed by atoms with Crippen molar-refractivity contribution in [3.05, 3.63) is 18.5 Å². The van der Waals surface area contributed by atoms with E-state index in [2.05, 4.69) is 4.98 Å². The largest absolute Gasteiger partial charge is 0.490 e. The summed E-state index contributed by atoms with van der Waals surface area (Å²) in [7, 11) is 2.28. The predicted molar refractivity (Wildman–Crippen MR) is 55.6 cm³/mol. The van der Waals surface area contributed by atoms with Crippen LogP contribution in [-0.2, 0) is 0 Å². The van der Waals surface area contributed by atoms with Crippen molar-refractivity contribution in [1.82, 2.24) is 4.98 Å². The van der Waals surface area contributed by atoms with Gasteiger partial charge >= 0.3 is 7.12 Å². The lowest BCUT2D eigenvalue weighted by Gasteiger charge is -2.12. The molecule has 4 nitrogen and oxygen atoms in total. The van der Waals surface area contributed by atoms with Gasteiger partial charge in [-0.05, 0) is 6.07 Å². The van der Waals surface area contributed by atoms with Crippen molar-refractivity contribution in [1.29, 1.82) is 0 Å². The molecule has 1 rings (SSSR count). The Labute approximate surface area is 83.8 Å². The molecule has 0 aliphatic carbocycles. The van der Waals surface area contributed by atoms with E-state index >= 15 is 0 Å². The Balaban J connectivity index is 0.00000144. The first-order chi connectivity index (χ1) is 5.61. The first-order valence-corrected chi connectivity index (χ1v) is 3.59. The Bertz CT molecular complexity index is 247. The minimum atomic E-state index is -1.45. The van der Waals surface area contributed by atoms with Crippen molar-refractivity contribution >= 4 is 30.7 Å². The van der Waals surface area contributed by atoms with Crippen LogP contribution in [0.3, 0.4) is 0 Å². The second kappa shape index (κ2) is 5.06. The van der Waals surface area contributed by atoms with Crippen LogP contribution in [0.5, 0.6) is 0 Å². The summed E-state index contributed by atoms with van der Waals surface area (Å²) in [6, 6.07) is 1.68. The molecule has 0 unspecified atom stereocenters. The topological polar surface area (TPSA) is 56.6 Å². The number of nitrogens with zero attached hydrogens (tertiary/aromatic N) is 2. The Kier molecular flexibility index (Phi) is 4.76. The highest BCUT2D eigenvalue weighted by Crippen LogP contribution is 2.04. The zero-order chi connectivity index (χ0) is 9.14. The van der Waals surface area contributed by atoms with Gasteiger partial charge in [0.25, 0.3) is 0 Å². The van der Waals surface area contributed by atoms with E-state index in [9.17, 15) is 0 Å². The lowest BCUT2D eigenvalue weighted by molar-refractivity contribution is 0.425. The van der Waals surface area contributed by atoms with Crippen LogP contribution in [0.4, 0.5) is 5.69 Å². The summed E-state index contributed by atoms with van der Waals surface area (Å²) >= 11 is 0. The second-order valence-corrected chi connectivity index (χ2v) is 2.74. The highest BCUT2D eigenvalue weighted by Gasteiger charge is 2.11. The summed E-state index contributed by atoms with van der Waals surface area (Å²) in [6.45, 7) is 0. The van der Waals surface area contributed by atoms with Crippen LogP contribution in [0, 0.1) is 0 Å². The standard InChI is InChI=1S/C7H11BN2O2.ClH/c1-10(2)7-3-6(8(11)12)4-9-5-7;/h3-5,11-12H,1-2H3;1H. The van der Waals surface area contributed by atoms with Gasteiger partial charge in [0.1, 0.15) is 0 Å². The zero-order valence-corrected chi connectivity index (χ0v) is 8.32. The number of halogens is 1. The highest BCUT2D eigenvalue weighted by atomic mass is 35.5. The summed E-state index contributed by atoms with van der Waals surface area (Å²) in [5, 5.41) is 17.7. The lowest BCUT2D eigenvalue weighted by Crippen LogP contribution is -2.30. The molecule has 0 saturated heterocycles. The molecule has 6 heteroatoms. The number of anilines is 1.